The maximum absolute atomic E-state index is 13.4. The van der Waals surface area contributed by atoms with E-state index >= 15 is 0 Å². The summed E-state index contributed by atoms with van der Waals surface area (Å²) in [6.07, 6.45) is 8.59. The smallest absolute Gasteiger partial charge is 0.259 e. The third-order valence-electron chi connectivity index (χ3n) is 7.89. The number of fused-ring (bicyclic) bond motifs is 1. The van der Waals surface area contributed by atoms with Crippen LogP contribution in [0.2, 0.25) is 0 Å². The summed E-state index contributed by atoms with van der Waals surface area (Å²) in [4.78, 5) is 41.4. The van der Waals surface area contributed by atoms with Crippen LogP contribution in [0, 0.1) is 11.8 Å². The van der Waals surface area contributed by atoms with Gasteiger partial charge in [0, 0.05) is 43.6 Å². The summed E-state index contributed by atoms with van der Waals surface area (Å²) in [5.74, 6) is 0.808. The maximum atomic E-state index is 13.4. The second-order valence-corrected chi connectivity index (χ2v) is 10.3. The number of ketones is 1. The zero-order valence-electron chi connectivity index (χ0n) is 20.0. The number of carbonyl (C=O) groups excluding carboxylic acids is 3. The lowest BCUT2D eigenvalue weighted by atomic mass is 9.79. The number of carbonyl (C=O) groups is 3. The zero-order valence-corrected chi connectivity index (χ0v) is 20.0. The Morgan fingerprint density at radius 2 is 1.67 bits per heavy atom. The van der Waals surface area contributed by atoms with Crippen molar-refractivity contribution in [3.05, 3.63) is 35.9 Å². The number of nitrogens with zero attached hydrogens (tertiary/aromatic N) is 2. The van der Waals surface area contributed by atoms with Crippen molar-refractivity contribution in [1.82, 2.24) is 4.90 Å². The molecule has 2 aliphatic heterocycles. The highest BCUT2D eigenvalue weighted by molar-refractivity contribution is 6.35. The van der Waals surface area contributed by atoms with E-state index in [9.17, 15) is 14.4 Å². The van der Waals surface area contributed by atoms with Crippen molar-refractivity contribution in [2.75, 3.05) is 18.0 Å². The molecular weight excluding hydrogens is 414 g/mol. The molecule has 3 aliphatic rings. The Kier molecular flexibility index (Phi) is 7.32. The first-order valence-electron chi connectivity index (χ1n) is 12.5. The molecule has 33 heavy (non-hydrogen) atoms. The number of primary amides is 1. The second-order valence-electron chi connectivity index (χ2n) is 10.3. The van der Waals surface area contributed by atoms with Gasteiger partial charge in [0.25, 0.3) is 5.91 Å². The fourth-order valence-corrected chi connectivity index (χ4v) is 5.89. The minimum absolute atomic E-state index is 0.000291. The number of allylic oxidation sites excluding steroid dienone is 1. The van der Waals surface area contributed by atoms with Gasteiger partial charge in [-0.15, -0.1) is 0 Å². The van der Waals surface area contributed by atoms with Crippen LogP contribution in [0.1, 0.15) is 70.8 Å². The maximum Gasteiger partial charge on any atom is 0.259 e. The van der Waals surface area contributed by atoms with Gasteiger partial charge in [-0.3, -0.25) is 14.4 Å². The van der Waals surface area contributed by atoms with Crippen LogP contribution in [-0.4, -0.2) is 47.7 Å². The predicted molar refractivity (Wildman–Crippen MR) is 131 cm³/mol. The van der Waals surface area contributed by atoms with E-state index in [4.69, 9.17) is 5.73 Å². The Morgan fingerprint density at radius 3 is 2.30 bits per heavy atom. The molecule has 6 nitrogen and oxygen atoms in total. The molecule has 1 aliphatic carbocycles. The monoisotopic (exact) mass is 451 g/mol. The molecule has 0 bridgehead atoms. The molecule has 0 radical (unpaired) electrons. The Morgan fingerprint density at radius 1 is 1.00 bits per heavy atom. The highest BCUT2D eigenvalue weighted by Crippen LogP contribution is 2.40. The standard InChI is InChI=1S/C27H37N3O3/c1-18(2)19-7-9-20(10-8-19)29-15-13-21(14-16-29)30-25-6-4-3-5-23(25)24(27(30)33)17-22(31)11-12-26(28)32/h3-6,17-21H,7-16H2,1-2H3,(H2,28,32)/b24-17-/t19-,20+. The lowest BCUT2D eigenvalue weighted by Gasteiger charge is -2.43. The quantitative estimate of drug-likeness (QED) is 0.637. The zero-order chi connectivity index (χ0) is 23.5. The number of piperidine rings is 1. The average Bonchev–Trinajstić information content (AvgIpc) is 3.09. The third kappa shape index (κ3) is 5.21. The molecule has 0 unspecified atom stereocenters. The molecule has 1 aromatic carbocycles. The van der Waals surface area contributed by atoms with Gasteiger partial charge in [0.05, 0.1) is 11.3 Å². The molecule has 2 N–H and O–H groups in total. The molecule has 2 amide bonds. The van der Waals surface area contributed by atoms with E-state index in [2.05, 4.69) is 18.7 Å². The lowest BCUT2D eigenvalue weighted by molar-refractivity contribution is -0.121. The first kappa shape index (κ1) is 23.7. The number of benzene rings is 1. The second kappa shape index (κ2) is 10.2. The molecule has 178 valence electrons. The summed E-state index contributed by atoms with van der Waals surface area (Å²) < 4.78 is 0. The van der Waals surface area contributed by atoms with E-state index in [1.807, 2.05) is 29.2 Å². The molecule has 2 fully saturated rings. The Balaban J connectivity index is 1.42. The normalized spacial score (nSPS) is 25.6. The van der Waals surface area contributed by atoms with Crippen molar-refractivity contribution in [1.29, 1.82) is 0 Å². The van der Waals surface area contributed by atoms with E-state index in [0.717, 1.165) is 49.0 Å². The van der Waals surface area contributed by atoms with Crippen LogP contribution in [0.3, 0.4) is 0 Å². The molecule has 1 saturated carbocycles. The van der Waals surface area contributed by atoms with Crippen LogP contribution in [0.15, 0.2) is 30.3 Å². The van der Waals surface area contributed by atoms with Crippen LogP contribution in [0.4, 0.5) is 5.69 Å². The van der Waals surface area contributed by atoms with E-state index in [1.54, 1.807) is 0 Å². The molecule has 1 saturated heterocycles. The minimum Gasteiger partial charge on any atom is -0.370 e. The van der Waals surface area contributed by atoms with Crippen LogP contribution in [0.5, 0.6) is 0 Å². The first-order valence-corrected chi connectivity index (χ1v) is 12.5. The van der Waals surface area contributed by atoms with Gasteiger partial charge >= 0.3 is 0 Å². The molecule has 6 heteroatoms. The van der Waals surface area contributed by atoms with Crippen LogP contribution >= 0.6 is 0 Å². The van der Waals surface area contributed by atoms with Crippen LogP contribution in [0.25, 0.3) is 5.57 Å². The van der Waals surface area contributed by atoms with Crippen molar-refractivity contribution in [3.63, 3.8) is 0 Å². The van der Waals surface area contributed by atoms with Gasteiger partial charge < -0.3 is 15.5 Å². The van der Waals surface area contributed by atoms with Gasteiger partial charge in [-0.25, -0.2) is 0 Å². The van der Waals surface area contributed by atoms with Gasteiger partial charge in [-0.2, -0.15) is 0 Å². The summed E-state index contributed by atoms with van der Waals surface area (Å²) in [7, 11) is 0. The van der Waals surface area contributed by atoms with Gasteiger partial charge in [0.1, 0.15) is 0 Å². The highest BCUT2D eigenvalue weighted by atomic mass is 16.2. The average molecular weight is 452 g/mol. The largest absolute Gasteiger partial charge is 0.370 e. The van der Waals surface area contributed by atoms with Gasteiger partial charge in [0.15, 0.2) is 5.78 Å². The van der Waals surface area contributed by atoms with Gasteiger partial charge in [-0.1, -0.05) is 32.0 Å². The van der Waals surface area contributed by atoms with Crippen molar-refractivity contribution in [2.24, 2.45) is 17.6 Å². The number of amides is 2. The van der Waals surface area contributed by atoms with E-state index < -0.39 is 5.91 Å². The number of para-hydroxylation sites is 1. The number of hydrogen-bond acceptors (Lipinski definition) is 4. The number of rotatable bonds is 7. The number of nitrogens with two attached hydrogens (primary N) is 1. The summed E-state index contributed by atoms with van der Waals surface area (Å²) in [6, 6.07) is 8.55. The summed E-state index contributed by atoms with van der Waals surface area (Å²) >= 11 is 0. The molecule has 0 spiro atoms. The lowest BCUT2D eigenvalue weighted by Crippen LogP contribution is -2.49. The van der Waals surface area contributed by atoms with E-state index in [-0.39, 0.29) is 30.6 Å². The Labute approximate surface area is 197 Å². The van der Waals surface area contributed by atoms with Crippen LogP contribution < -0.4 is 10.6 Å². The Bertz CT molecular complexity index is 922. The third-order valence-corrected chi connectivity index (χ3v) is 7.89. The first-order chi connectivity index (χ1) is 15.8. The van der Waals surface area contributed by atoms with Gasteiger partial charge in [0.2, 0.25) is 5.91 Å². The number of hydrogen-bond donors (Lipinski definition) is 1. The van der Waals surface area contributed by atoms with Crippen LogP contribution in [-0.2, 0) is 14.4 Å². The summed E-state index contributed by atoms with van der Waals surface area (Å²) in [5, 5.41) is 0. The van der Waals surface area contributed by atoms with Crippen molar-refractivity contribution in [2.45, 2.75) is 77.3 Å². The Hall–Kier alpha value is -2.47. The molecule has 4 rings (SSSR count). The number of likely N-dealkylation sites (tertiary alicyclic amines) is 1. The molecule has 1 aromatic rings. The molecular formula is C27H37N3O3. The van der Waals surface area contributed by atoms with Crippen molar-refractivity contribution < 1.29 is 14.4 Å². The van der Waals surface area contributed by atoms with E-state index in [0.29, 0.717) is 11.6 Å². The summed E-state index contributed by atoms with van der Waals surface area (Å²) in [5.41, 5.74) is 7.31. The molecule has 0 aromatic heterocycles. The highest BCUT2D eigenvalue weighted by Gasteiger charge is 2.39. The molecule has 2 heterocycles. The fraction of sp³-hybridized carbons (Fsp3) is 0.593. The predicted octanol–water partition coefficient (Wildman–Crippen LogP) is 3.93. The summed E-state index contributed by atoms with van der Waals surface area (Å²) in [6.45, 7) is 6.72. The van der Waals surface area contributed by atoms with Crippen molar-refractivity contribution in [3.8, 4) is 0 Å². The van der Waals surface area contributed by atoms with E-state index in [1.165, 1.54) is 31.8 Å². The van der Waals surface area contributed by atoms with Crippen molar-refractivity contribution >= 4 is 28.9 Å². The minimum atomic E-state index is -0.508. The van der Waals surface area contributed by atoms with Gasteiger partial charge in [-0.05, 0) is 62.5 Å². The molecule has 0 atom stereocenters. The topological polar surface area (TPSA) is 83.7 Å². The number of anilines is 1. The fourth-order valence-electron chi connectivity index (χ4n) is 5.89. The SMILES string of the molecule is CC(C)[C@H]1CC[C@@H](N2CCC(N3C(=O)/C(=C\C(=O)CCC(N)=O)c4ccccc43)CC2)CC1.